The van der Waals surface area contributed by atoms with E-state index in [1.54, 1.807) is 0 Å². The van der Waals surface area contributed by atoms with Crippen LogP contribution in [0.4, 0.5) is 5.13 Å². The zero-order valence-corrected chi connectivity index (χ0v) is 12.8. The van der Waals surface area contributed by atoms with E-state index in [1.165, 1.54) is 30.2 Å². The van der Waals surface area contributed by atoms with Gasteiger partial charge in [-0.25, -0.2) is 4.98 Å². The number of likely N-dealkylation sites (tertiary alicyclic amines) is 1. The number of hydrogen-bond acceptors (Lipinski definition) is 5. The summed E-state index contributed by atoms with van der Waals surface area (Å²) in [6, 6.07) is 4.55. The van der Waals surface area contributed by atoms with Crippen molar-refractivity contribution in [3.8, 4) is 0 Å². The molecule has 1 aliphatic heterocycles. The lowest BCUT2D eigenvalue weighted by atomic mass is 10.1. The van der Waals surface area contributed by atoms with Gasteiger partial charge in [0.05, 0.1) is 5.69 Å². The van der Waals surface area contributed by atoms with Gasteiger partial charge < -0.3 is 5.32 Å². The molecule has 110 valence electrons. The third-order valence-electron chi connectivity index (χ3n) is 3.63. The third-order valence-corrected chi connectivity index (χ3v) is 4.44. The Kier molecular flexibility index (Phi) is 4.26. The van der Waals surface area contributed by atoms with E-state index in [9.17, 15) is 4.79 Å². The summed E-state index contributed by atoms with van der Waals surface area (Å²) in [6.45, 7) is 3.39. The highest BCUT2D eigenvalue weighted by atomic mass is 32.1. The fourth-order valence-corrected chi connectivity index (χ4v) is 3.51. The van der Waals surface area contributed by atoms with Crippen molar-refractivity contribution in [2.75, 3.05) is 11.9 Å². The van der Waals surface area contributed by atoms with Gasteiger partial charge in [0, 0.05) is 37.3 Å². The molecule has 1 atom stereocenters. The molecule has 0 aromatic carbocycles. The summed E-state index contributed by atoms with van der Waals surface area (Å²) in [5.74, 6) is -0.0784. The number of amides is 1. The van der Waals surface area contributed by atoms with E-state index in [0.717, 1.165) is 25.2 Å². The Hall–Kier alpha value is -1.79. The molecule has 1 amide bonds. The van der Waals surface area contributed by atoms with Crippen LogP contribution in [-0.4, -0.2) is 27.3 Å². The van der Waals surface area contributed by atoms with Crippen LogP contribution < -0.4 is 5.32 Å². The van der Waals surface area contributed by atoms with E-state index >= 15 is 0 Å². The minimum absolute atomic E-state index is 0.0784. The molecule has 5 nitrogen and oxygen atoms in total. The zero-order valence-electron chi connectivity index (χ0n) is 12.0. The average molecular weight is 302 g/mol. The van der Waals surface area contributed by atoms with Gasteiger partial charge in [-0.2, -0.15) is 0 Å². The van der Waals surface area contributed by atoms with Gasteiger partial charge in [0.15, 0.2) is 5.13 Å². The van der Waals surface area contributed by atoms with Crippen LogP contribution >= 0.6 is 11.3 Å². The van der Waals surface area contributed by atoms with E-state index in [4.69, 9.17) is 0 Å². The molecule has 3 heterocycles. The Morgan fingerprint density at radius 1 is 1.57 bits per heavy atom. The highest BCUT2D eigenvalue weighted by molar-refractivity contribution is 7.13. The summed E-state index contributed by atoms with van der Waals surface area (Å²) in [7, 11) is 0. The molecular formula is C15H18N4OS. The summed E-state index contributed by atoms with van der Waals surface area (Å²) in [5, 5.41) is 5.43. The first-order valence-electron chi connectivity index (χ1n) is 7.08. The van der Waals surface area contributed by atoms with Crippen LogP contribution in [-0.2, 0) is 11.3 Å². The zero-order chi connectivity index (χ0) is 14.7. The van der Waals surface area contributed by atoms with E-state index in [2.05, 4.69) is 26.3 Å². The van der Waals surface area contributed by atoms with Gasteiger partial charge in [0.1, 0.15) is 0 Å². The second-order valence-electron chi connectivity index (χ2n) is 5.24. The molecule has 1 unspecified atom stereocenters. The molecule has 3 rings (SSSR count). The lowest BCUT2D eigenvalue weighted by Crippen LogP contribution is -2.23. The average Bonchev–Trinajstić information content (AvgIpc) is 3.09. The predicted molar refractivity (Wildman–Crippen MR) is 83.0 cm³/mol. The number of carbonyl (C=O) groups excluding carboxylic acids is 1. The second kappa shape index (κ2) is 6.32. The normalized spacial score (nSPS) is 18.8. The van der Waals surface area contributed by atoms with Crippen molar-refractivity contribution in [2.45, 2.75) is 32.4 Å². The number of hydrogen-bond donors (Lipinski definition) is 1. The lowest BCUT2D eigenvalue weighted by molar-refractivity contribution is -0.114. The van der Waals surface area contributed by atoms with Crippen molar-refractivity contribution in [1.29, 1.82) is 0 Å². The fraction of sp³-hybridized carbons (Fsp3) is 0.400. The lowest BCUT2D eigenvalue weighted by Gasteiger charge is -2.23. The van der Waals surface area contributed by atoms with E-state index in [1.807, 2.05) is 23.8 Å². The molecule has 0 radical (unpaired) electrons. The highest BCUT2D eigenvalue weighted by Crippen LogP contribution is 2.33. The Balaban J connectivity index is 1.69. The van der Waals surface area contributed by atoms with E-state index in [0.29, 0.717) is 11.2 Å². The smallest absolute Gasteiger partial charge is 0.223 e. The number of anilines is 1. The topological polar surface area (TPSA) is 58.1 Å². The molecule has 21 heavy (non-hydrogen) atoms. The summed E-state index contributed by atoms with van der Waals surface area (Å²) in [4.78, 5) is 22.2. The van der Waals surface area contributed by atoms with Crippen molar-refractivity contribution in [3.05, 3.63) is 41.2 Å². The Bertz CT molecular complexity index is 613. The molecule has 2 aromatic heterocycles. The standard InChI is InChI=1S/C15H18N4OS/c1-11(20)17-15-18-13(10-21-15)9-19-7-3-5-14(19)12-4-2-6-16-8-12/h2,4,6,8,10,14H,3,5,7,9H2,1H3,(H,17,18,20). The summed E-state index contributed by atoms with van der Waals surface area (Å²) in [5.41, 5.74) is 2.28. The maximum Gasteiger partial charge on any atom is 0.223 e. The molecule has 1 saturated heterocycles. The largest absolute Gasteiger partial charge is 0.302 e. The van der Waals surface area contributed by atoms with Gasteiger partial charge in [0.2, 0.25) is 5.91 Å². The van der Waals surface area contributed by atoms with Crippen LogP contribution in [0, 0.1) is 0 Å². The fourth-order valence-electron chi connectivity index (χ4n) is 2.76. The first kappa shape index (κ1) is 14.2. The van der Waals surface area contributed by atoms with Crippen molar-refractivity contribution < 1.29 is 4.79 Å². The number of nitrogens with zero attached hydrogens (tertiary/aromatic N) is 3. The molecule has 0 spiro atoms. The third kappa shape index (κ3) is 3.46. The quantitative estimate of drug-likeness (QED) is 0.943. The van der Waals surface area contributed by atoms with Gasteiger partial charge >= 0.3 is 0 Å². The molecule has 0 bridgehead atoms. The molecule has 0 saturated carbocycles. The van der Waals surface area contributed by atoms with Gasteiger partial charge in [0.25, 0.3) is 0 Å². The molecule has 6 heteroatoms. The Morgan fingerprint density at radius 2 is 2.48 bits per heavy atom. The van der Waals surface area contributed by atoms with Gasteiger partial charge in [-0.15, -0.1) is 11.3 Å². The van der Waals surface area contributed by atoms with Crippen LogP contribution in [0.3, 0.4) is 0 Å². The summed E-state index contributed by atoms with van der Waals surface area (Å²) < 4.78 is 0. The Labute approximate surface area is 128 Å². The van der Waals surface area contributed by atoms with Crippen LogP contribution in [0.2, 0.25) is 0 Å². The molecular weight excluding hydrogens is 284 g/mol. The van der Waals surface area contributed by atoms with Gasteiger partial charge in [-0.3, -0.25) is 14.7 Å². The SMILES string of the molecule is CC(=O)Nc1nc(CN2CCCC2c2cccnc2)cs1. The maximum absolute atomic E-state index is 11.0. The number of aromatic nitrogens is 2. The van der Waals surface area contributed by atoms with Crippen molar-refractivity contribution in [1.82, 2.24) is 14.9 Å². The molecule has 1 N–H and O–H groups in total. The van der Waals surface area contributed by atoms with Crippen LogP contribution in [0.5, 0.6) is 0 Å². The summed E-state index contributed by atoms with van der Waals surface area (Å²) in [6.07, 6.45) is 6.12. The van der Waals surface area contributed by atoms with Crippen LogP contribution in [0.15, 0.2) is 29.9 Å². The monoisotopic (exact) mass is 302 g/mol. The number of carbonyl (C=O) groups is 1. The van der Waals surface area contributed by atoms with Crippen LogP contribution in [0.25, 0.3) is 0 Å². The van der Waals surface area contributed by atoms with E-state index in [-0.39, 0.29) is 5.91 Å². The number of rotatable bonds is 4. The van der Waals surface area contributed by atoms with E-state index < -0.39 is 0 Å². The molecule has 1 aliphatic rings. The van der Waals surface area contributed by atoms with Crippen molar-refractivity contribution in [2.24, 2.45) is 0 Å². The Morgan fingerprint density at radius 3 is 3.24 bits per heavy atom. The minimum atomic E-state index is -0.0784. The molecule has 1 fully saturated rings. The number of thiazole rings is 1. The first-order valence-corrected chi connectivity index (χ1v) is 7.96. The summed E-state index contributed by atoms with van der Waals surface area (Å²) >= 11 is 1.48. The highest BCUT2D eigenvalue weighted by Gasteiger charge is 2.26. The van der Waals surface area contributed by atoms with Gasteiger partial charge in [-0.1, -0.05) is 6.07 Å². The number of nitrogens with one attached hydrogen (secondary N) is 1. The second-order valence-corrected chi connectivity index (χ2v) is 6.10. The molecule has 2 aromatic rings. The van der Waals surface area contributed by atoms with Gasteiger partial charge in [-0.05, 0) is 31.0 Å². The molecule has 0 aliphatic carbocycles. The first-order chi connectivity index (χ1) is 10.2. The predicted octanol–water partition coefficient (Wildman–Crippen LogP) is 2.83. The van der Waals surface area contributed by atoms with Crippen molar-refractivity contribution >= 4 is 22.4 Å². The maximum atomic E-state index is 11.0. The van der Waals surface area contributed by atoms with Crippen LogP contribution in [0.1, 0.15) is 37.1 Å². The number of pyridine rings is 1. The van der Waals surface area contributed by atoms with Crippen molar-refractivity contribution in [3.63, 3.8) is 0 Å². The minimum Gasteiger partial charge on any atom is -0.302 e.